The molecule has 0 saturated carbocycles. The summed E-state index contributed by atoms with van der Waals surface area (Å²) in [5, 5.41) is 24.1. The van der Waals surface area contributed by atoms with Crippen LogP contribution in [0.15, 0.2) is 48.5 Å². The number of halogens is 1. The van der Waals surface area contributed by atoms with E-state index >= 15 is 0 Å². The fourth-order valence-corrected chi connectivity index (χ4v) is 4.69. The van der Waals surface area contributed by atoms with Gasteiger partial charge in [0.15, 0.2) is 5.15 Å². The number of aliphatic carboxylic acids is 1. The number of likely N-dealkylation sites (N-methyl/N-ethyl adjacent to an activating group) is 1. The number of esters is 1. The van der Waals surface area contributed by atoms with Gasteiger partial charge in [0.05, 0.1) is 12.1 Å². The lowest BCUT2D eigenvalue weighted by molar-refractivity contribution is -0.154. The van der Waals surface area contributed by atoms with Gasteiger partial charge in [-0.2, -0.15) is 5.21 Å². The van der Waals surface area contributed by atoms with Gasteiger partial charge in [-0.25, -0.2) is 4.98 Å². The highest BCUT2D eigenvalue weighted by Gasteiger charge is 2.27. The summed E-state index contributed by atoms with van der Waals surface area (Å²) in [7, 11) is 3.27. The maximum atomic E-state index is 12.8. The molecule has 0 radical (unpaired) electrons. The standard InChI is InChI=1S/C28H32ClN7O4/c1-4-5-11-24-30-26(29)23(17-40-28(39)22(35(2)3)15-25(37)38)36(24)16-18-12-13-20(19-9-7-6-8-10-19)21(14-18)27-31-33-34-32-27/h6-10,12-14,22H,4-5,11,15-17H2,1-3H3,(H,37,38)(H,31,32,33,34)/t22-/m0/s1. The minimum absolute atomic E-state index is 0.138. The second-order valence-electron chi connectivity index (χ2n) is 9.62. The average molecular weight is 566 g/mol. The summed E-state index contributed by atoms with van der Waals surface area (Å²) < 4.78 is 7.53. The summed E-state index contributed by atoms with van der Waals surface area (Å²) >= 11 is 6.56. The fourth-order valence-electron chi connectivity index (χ4n) is 4.44. The normalized spacial score (nSPS) is 12.0. The smallest absolute Gasteiger partial charge is 0.324 e. The molecule has 2 aromatic carbocycles. The van der Waals surface area contributed by atoms with E-state index in [1.807, 2.05) is 53.1 Å². The van der Waals surface area contributed by atoms with Crippen molar-refractivity contribution in [2.75, 3.05) is 14.1 Å². The van der Waals surface area contributed by atoms with Crippen molar-refractivity contribution in [2.24, 2.45) is 0 Å². The number of aromatic amines is 1. The van der Waals surface area contributed by atoms with Gasteiger partial charge in [-0.15, -0.1) is 10.2 Å². The Morgan fingerprint density at radius 3 is 2.58 bits per heavy atom. The number of tetrazole rings is 1. The second-order valence-corrected chi connectivity index (χ2v) is 9.98. The molecule has 1 atom stereocenters. The Morgan fingerprint density at radius 1 is 1.15 bits per heavy atom. The zero-order valence-corrected chi connectivity index (χ0v) is 23.4. The van der Waals surface area contributed by atoms with Gasteiger partial charge >= 0.3 is 11.9 Å². The molecule has 2 N–H and O–H groups in total. The zero-order chi connectivity index (χ0) is 28.6. The van der Waals surface area contributed by atoms with Crippen LogP contribution in [-0.2, 0) is 33.9 Å². The van der Waals surface area contributed by atoms with E-state index in [0.717, 1.165) is 40.9 Å². The van der Waals surface area contributed by atoms with Crippen LogP contribution in [0.1, 0.15) is 43.3 Å². The Hall–Kier alpha value is -4.09. The Labute approximate surface area is 237 Å². The number of benzene rings is 2. The number of unbranched alkanes of at least 4 members (excludes halogenated alkanes) is 1. The van der Waals surface area contributed by atoms with Crippen LogP contribution in [-0.4, -0.2) is 72.3 Å². The summed E-state index contributed by atoms with van der Waals surface area (Å²) in [6, 6.07) is 15.1. The van der Waals surface area contributed by atoms with Crippen molar-refractivity contribution < 1.29 is 19.4 Å². The van der Waals surface area contributed by atoms with Gasteiger partial charge in [-0.3, -0.25) is 14.5 Å². The molecular weight excluding hydrogens is 534 g/mol. The van der Waals surface area contributed by atoms with Crippen molar-refractivity contribution in [3.05, 3.63) is 70.8 Å². The van der Waals surface area contributed by atoms with Crippen molar-refractivity contribution in [1.82, 2.24) is 35.1 Å². The second kappa shape index (κ2) is 13.3. The van der Waals surface area contributed by atoms with Crippen LogP contribution in [0.2, 0.25) is 5.15 Å². The van der Waals surface area contributed by atoms with Gasteiger partial charge in [0.25, 0.3) is 0 Å². The minimum Gasteiger partial charge on any atom is -0.481 e. The zero-order valence-electron chi connectivity index (χ0n) is 22.7. The lowest BCUT2D eigenvalue weighted by Gasteiger charge is -2.21. The topological polar surface area (TPSA) is 139 Å². The predicted octanol–water partition coefficient (Wildman–Crippen LogP) is 4.22. The van der Waals surface area contributed by atoms with Gasteiger partial charge in [0.2, 0.25) is 5.82 Å². The molecule has 0 aliphatic rings. The van der Waals surface area contributed by atoms with Gasteiger partial charge in [0, 0.05) is 18.5 Å². The summed E-state index contributed by atoms with van der Waals surface area (Å²) in [6.07, 6.45) is 2.22. The number of nitrogens with zero attached hydrogens (tertiary/aromatic N) is 6. The Bertz CT molecular complexity index is 1440. The van der Waals surface area contributed by atoms with Crippen molar-refractivity contribution in [3.63, 3.8) is 0 Å². The van der Waals surface area contributed by atoms with Crippen LogP contribution in [0.5, 0.6) is 0 Å². The monoisotopic (exact) mass is 565 g/mol. The van der Waals surface area contributed by atoms with E-state index < -0.39 is 18.0 Å². The summed E-state index contributed by atoms with van der Waals surface area (Å²) in [6.45, 7) is 2.37. The molecule has 0 saturated heterocycles. The van der Waals surface area contributed by atoms with Crippen LogP contribution in [0.25, 0.3) is 22.5 Å². The molecule has 2 heterocycles. The number of imidazole rings is 1. The molecular formula is C28H32ClN7O4. The number of carbonyl (C=O) groups is 2. The number of nitrogens with one attached hydrogen (secondary N) is 1. The van der Waals surface area contributed by atoms with Crippen LogP contribution in [0.4, 0.5) is 0 Å². The highest BCUT2D eigenvalue weighted by molar-refractivity contribution is 6.30. The van der Waals surface area contributed by atoms with Crippen molar-refractivity contribution >= 4 is 23.5 Å². The third-order valence-corrected chi connectivity index (χ3v) is 6.87. The van der Waals surface area contributed by atoms with Crippen molar-refractivity contribution in [2.45, 2.75) is 51.8 Å². The first-order chi connectivity index (χ1) is 19.3. The summed E-state index contributed by atoms with van der Waals surface area (Å²) in [4.78, 5) is 30.1. The first-order valence-corrected chi connectivity index (χ1v) is 13.4. The van der Waals surface area contributed by atoms with Gasteiger partial charge in [-0.1, -0.05) is 67.4 Å². The maximum absolute atomic E-state index is 12.8. The number of carboxylic acids is 1. The van der Waals surface area contributed by atoms with Crippen molar-refractivity contribution in [1.29, 1.82) is 0 Å². The quantitative estimate of drug-likeness (QED) is 0.228. The van der Waals surface area contributed by atoms with Crippen LogP contribution >= 0.6 is 11.6 Å². The molecule has 0 aliphatic carbocycles. The van der Waals surface area contributed by atoms with Crippen LogP contribution in [0, 0.1) is 0 Å². The molecule has 210 valence electrons. The highest BCUT2D eigenvalue weighted by Crippen LogP contribution is 2.32. The minimum atomic E-state index is -1.09. The third kappa shape index (κ3) is 6.91. The van der Waals surface area contributed by atoms with E-state index in [1.54, 1.807) is 14.1 Å². The number of hydrogen-bond donors (Lipinski definition) is 2. The van der Waals surface area contributed by atoms with Crippen LogP contribution < -0.4 is 0 Å². The number of hydrogen-bond acceptors (Lipinski definition) is 8. The number of aryl methyl sites for hydroxylation is 1. The lowest BCUT2D eigenvalue weighted by atomic mass is 9.97. The van der Waals surface area contributed by atoms with Gasteiger partial charge < -0.3 is 14.4 Å². The largest absolute Gasteiger partial charge is 0.481 e. The molecule has 12 heteroatoms. The SMILES string of the molecule is CCCCc1nc(Cl)c(COC(=O)[C@H](CC(=O)O)N(C)C)n1Cc1ccc(-c2ccccc2)c(-c2nn[nH]n2)c1. The molecule has 0 spiro atoms. The van der Waals surface area contributed by atoms with E-state index in [4.69, 9.17) is 16.3 Å². The summed E-state index contributed by atoms with van der Waals surface area (Å²) in [5.74, 6) is -0.478. The first kappa shape index (κ1) is 28.9. The average Bonchev–Trinajstić information content (AvgIpc) is 3.58. The number of carbonyl (C=O) groups excluding carboxylic acids is 1. The molecule has 0 bridgehead atoms. The molecule has 4 aromatic rings. The molecule has 2 aromatic heterocycles. The van der Waals surface area contributed by atoms with E-state index in [-0.39, 0.29) is 18.2 Å². The number of aromatic nitrogens is 6. The number of rotatable bonds is 13. The number of ether oxygens (including phenoxy) is 1. The highest BCUT2D eigenvalue weighted by atomic mass is 35.5. The molecule has 0 fully saturated rings. The van der Waals surface area contributed by atoms with E-state index in [9.17, 15) is 14.7 Å². The van der Waals surface area contributed by atoms with E-state index in [2.05, 4.69) is 32.5 Å². The Balaban J connectivity index is 1.67. The van der Waals surface area contributed by atoms with E-state index in [1.165, 1.54) is 4.90 Å². The maximum Gasteiger partial charge on any atom is 0.324 e. The molecule has 0 amide bonds. The van der Waals surface area contributed by atoms with Crippen LogP contribution in [0.3, 0.4) is 0 Å². The molecule has 11 nitrogen and oxygen atoms in total. The van der Waals surface area contributed by atoms with Crippen molar-refractivity contribution in [3.8, 4) is 22.5 Å². The Morgan fingerprint density at radius 2 is 1.93 bits per heavy atom. The number of H-pyrrole nitrogens is 1. The fraction of sp³-hybridized carbons (Fsp3) is 0.357. The molecule has 0 unspecified atom stereocenters. The molecule has 4 rings (SSSR count). The molecule has 40 heavy (non-hydrogen) atoms. The summed E-state index contributed by atoms with van der Waals surface area (Å²) in [5.41, 5.74) is 4.28. The van der Waals surface area contributed by atoms with Gasteiger partial charge in [-0.05, 0) is 48.5 Å². The predicted molar refractivity (Wildman–Crippen MR) is 150 cm³/mol. The molecule has 0 aliphatic heterocycles. The van der Waals surface area contributed by atoms with Gasteiger partial charge in [0.1, 0.15) is 18.5 Å². The lowest BCUT2D eigenvalue weighted by Crippen LogP contribution is -2.39. The first-order valence-electron chi connectivity index (χ1n) is 13.0. The Kier molecular flexibility index (Phi) is 9.62. The third-order valence-electron chi connectivity index (χ3n) is 6.57. The van der Waals surface area contributed by atoms with E-state index in [0.29, 0.717) is 24.5 Å². The number of carboxylic acid groups (broad SMARTS) is 1.